The number of fused-ring (bicyclic) bond motifs is 2. The van der Waals surface area contributed by atoms with Crippen LogP contribution < -0.4 is 20.3 Å². The largest absolute Gasteiger partial charge is 0.376 e. The monoisotopic (exact) mass is 982 g/mol. The lowest BCUT2D eigenvalue weighted by atomic mass is 9.71. The number of nitro benzene ring substituents is 1. The second-order valence-corrected chi connectivity index (χ2v) is 22.6. The number of carbonyl (C=O) groups is 1. The highest BCUT2D eigenvalue weighted by molar-refractivity contribution is 7.99. The Hall–Kier alpha value is -4.52. The van der Waals surface area contributed by atoms with Crippen LogP contribution in [0.5, 0.6) is 0 Å². The van der Waals surface area contributed by atoms with Gasteiger partial charge in [-0.2, -0.15) is 0 Å². The quantitative estimate of drug-likeness (QED) is 0.0514. The van der Waals surface area contributed by atoms with E-state index in [9.17, 15) is 23.3 Å². The molecule has 2 bridgehead atoms. The van der Waals surface area contributed by atoms with Crippen molar-refractivity contribution in [3.05, 3.63) is 129 Å². The van der Waals surface area contributed by atoms with E-state index in [1.54, 1.807) is 23.9 Å². The van der Waals surface area contributed by atoms with Crippen LogP contribution in [0.1, 0.15) is 54.9 Å². The van der Waals surface area contributed by atoms with Gasteiger partial charge in [0.2, 0.25) is 0 Å². The zero-order chi connectivity index (χ0) is 47.3. The van der Waals surface area contributed by atoms with Crippen LogP contribution in [0, 0.1) is 15.5 Å². The molecule has 4 aromatic rings. The van der Waals surface area contributed by atoms with Crippen LogP contribution in [0.3, 0.4) is 0 Å². The summed E-state index contributed by atoms with van der Waals surface area (Å²) in [4.78, 5) is 35.9. The van der Waals surface area contributed by atoms with Crippen molar-refractivity contribution in [1.29, 1.82) is 0 Å². The molecule has 1 aliphatic carbocycles. The molecule has 17 heteroatoms. The van der Waals surface area contributed by atoms with Gasteiger partial charge in [0.15, 0.2) is 0 Å². The summed E-state index contributed by atoms with van der Waals surface area (Å²) in [6.45, 7) is 14.6. The fraction of sp³-hybridized carbons (Fsp3) is 0.471. The van der Waals surface area contributed by atoms with Crippen LogP contribution in [0.4, 0.5) is 17.1 Å². The van der Waals surface area contributed by atoms with Crippen molar-refractivity contribution in [3.63, 3.8) is 0 Å². The zero-order valence-electron chi connectivity index (χ0n) is 38.8. The summed E-state index contributed by atoms with van der Waals surface area (Å²) >= 11 is 7.96. The molecule has 14 nitrogen and oxygen atoms in total. The van der Waals surface area contributed by atoms with Gasteiger partial charge in [-0.05, 0) is 109 Å². The minimum atomic E-state index is -4.45. The number of nitro groups is 1. The van der Waals surface area contributed by atoms with E-state index < -0.39 is 20.9 Å². The topological polar surface area (TPSA) is 153 Å². The van der Waals surface area contributed by atoms with Crippen molar-refractivity contribution in [2.45, 2.75) is 67.0 Å². The molecule has 0 radical (unpaired) electrons. The second-order valence-electron chi connectivity index (χ2n) is 19.4. The third-order valence-corrected chi connectivity index (χ3v) is 17.1. The molecule has 1 amide bonds. The van der Waals surface area contributed by atoms with Crippen molar-refractivity contribution in [2.75, 3.05) is 101 Å². The molecule has 3 N–H and O–H groups in total. The highest BCUT2D eigenvalue weighted by Crippen LogP contribution is 2.44. The maximum atomic E-state index is 13.6. The molecule has 5 aliphatic rings. The average molecular weight is 984 g/mol. The van der Waals surface area contributed by atoms with E-state index in [2.05, 4.69) is 54.0 Å². The van der Waals surface area contributed by atoms with Gasteiger partial charge in [-0.25, -0.2) is 13.1 Å². The van der Waals surface area contributed by atoms with Crippen LogP contribution in [0.2, 0.25) is 5.02 Å². The number of carbonyl (C=O) groups excluding carboxylic acids is 1. The second kappa shape index (κ2) is 21.6. The fourth-order valence-electron chi connectivity index (χ4n) is 10.7. The number of hydrogen-bond acceptors (Lipinski definition) is 13. The number of rotatable bonds is 18. The molecule has 1 unspecified atom stereocenters. The van der Waals surface area contributed by atoms with Gasteiger partial charge in [0.05, 0.1) is 22.5 Å². The van der Waals surface area contributed by atoms with E-state index in [1.165, 1.54) is 28.8 Å². The maximum absolute atomic E-state index is 13.6. The number of likely N-dealkylation sites (tertiary alicyclic amines) is 1. The molecule has 4 heterocycles. The van der Waals surface area contributed by atoms with Gasteiger partial charge in [-0.1, -0.05) is 54.4 Å². The number of thioether (sulfide) groups is 1. The van der Waals surface area contributed by atoms with Crippen LogP contribution in [0.15, 0.2) is 112 Å². The summed E-state index contributed by atoms with van der Waals surface area (Å²) in [5.41, 5.74) is 5.42. The van der Waals surface area contributed by atoms with Crippen LogP contribution in [-0.4, -0.2) is 143 Å². The average Bonchev–Trinajstić information content (AvgIpc) is 3.98. The zero-order valence-corrected chi connectivity index (χ0v) is 41.2. The first-order chi connectivity index (χ1) is 32.9. The van der Waals surface area contributed by atoms with Gasteiger partial charge in [0.25, 0.3) is 21.6 Å². The predicted molar refractivity (Wildman–Crippen MR) is 271 cm³/mol. The third-order valence-electron chi connectivity index (χ3n) is 14.4. The Balaban J connectivity index is 0.811. The van der Waals surface area contributed by atoms with Gasteiger partial charge >= 0.3 is 0 Å². The number of halogens is 1. The van der Waals surface area contributed by atoms with Crippen molar-refractivity contribution < 1.29 is 22.9 Å². The summed E-state index contributed by atoms with van der Waals surface area (Å²) in [5, 5.41) is 20.0. The number of piperazine rings is 2. The first-order valence-electron chi connectivity index (χ1n) is 24.0. The van der Waals surface area contributed by atoms with E-state index in [-0.39, 0.29) is 39.4 Å². The third kappa shape index (κ3) is 12.1. The van der Waals surface area contributed by atoms with Crippen molar-refractivity contribution >= 4 is 61.9 Å². The molecule has 4 aliphatic heterocycles. The van der Waals surface area contributed by atoms with Gasteiger partial charge < -0.3 is 25.2 Å². The summed E-state index contributed by atoms with van der Waals surface area (Å²) < 4.78 is 35.1. The SMILES string of the molecule is CC1(CN2CCNCC2)CCC(c2ccc(Cl)cc2)=C(CN2CCN(c3ccc(C(=O)NS(=O)(=O)c4ccc(N[C@H](CCN5C[C@H]6C[C@@H]5CO6)CSc5ccccc5)c([N+](=O)[O-])c4)cc3)CC2)C1. The van der Waals surface area contributed by atoms with Gasteiger partial charge in [-0.15, -0.1) is 11.8 Å². The molecule has 362 valence electrons. The van der Waals surface area contributed by atoms with E-state index in [1.807, 2.05) is 54.6 Å². The Labute approximate surface area is 410 Å². The molecule has 0 saturated carbocycles. The minimum Gasteiger partial charge on any atom is -0.376 e. The Morgan fingerprint density at radius 2 is 1.72 bits per heavy atom. The van der Waals surface area contributed by atoms with Gasteiger partial charge in [0, 0.05) is 124 Å². The Kier molecular flexibility index (Phi) is 15.4. The molecule has 4 fully saturated rings. The lowest BCUT2D eigenvalue weighted by Crippen LogP contribution is -2.49. The minimum absolute atomic E-state index is 0.148. The number of sulfonamides is 1. The predicted octanol–water partition coefficient (Wildman–Crippen LogP) is 7.47. The number of ether oxygens (including phenoxy) is 1. The summed E-state index contributed by atoms with van der Waals surface area (Å²) in [5.74, 6) is -0.168. The maximum Gasteiger partial charge on any atom is 0.293 e. The van der Waals surface area contributed by atoms with E-state index in [4.69, 9.17) is 16.3 Å². The smallest absolute Gasteiger partial charge is 0.293 e. The van der Waals surface area contributed by atoms with Crippen LogP contribution in [-0.2, 0) is 14.8 Å². The number of nitrogens with zero attached hydrogens (tertiary/aromatic N) is 5. The number of allylic oxidation sites excluding steroid dienone is 1. The van der Waals surface area contributed by atoms with Crippen molar-refractivity contribution in [1.82, 2.24) is 24.7 Å². The molecule has 0 aromatic heterocycles. The first-order valence-corrected chi connectivity index (χ1v) is 26.8. The molecular formula is C51H63ClN8O6S2. The van der Waals surface area contributed by atoms with Gasteiger partial charge in [-0.3, -0.25) is 24.7 Å². The lowest BCUT2D eigenvalue weighted by molar-refractivity contribution is -0.384. The highest BCUT2D eigenvalue weighted by atomic mass is 35.5. The standard InChI is InChI=1S/C51H63ClN8O6S2/c1-51(36-57-23-20-53-21-24-57)19-17-47(37-7-11-40(52)12-8-37)39(31-51)32-56-25-27-58(28-26-56)42-13-9-38(10-14-42)50(61)55-68(64,65)46-15-16-48(49(30-46)60(62)63)54-41(35-67-45-5-3-2-4-6-45)18-22-59-33-44-29-43(59)34-66-44/h2-16,30,41,43-44,53-54H,17-29,31-36H2,1H3,(H,55,61)/t41-,43-,44-,51?/m1/s1. The van der Waals surface area contributed by atoms with Crippen LogP contribution >= 0.6 is 23.4 Å². The van der Waals surface area contributed by atoms with E-state index >= 15 is 0 Å². The Morgan fingerprint density at radius 1 is 0.971 bits per heavy atom. The van der Waals surface area contributed by atoms with E-state index in [0.717, 1.165) is 139 Å². The van der Waals surface area contributed by atoms with Crippen molar-refractivity contribution in [3.8, 4) is 0 Å². The summed E-state index contributed by atoms with van der Waals surface area (Å²) in [6, 6.07) is 29.2. The Bertz CT molecular complexity index is 2540. The number of amides is 1. The lowest BCUT2D eigenvalue weighted by Gasteiger charge is -2.43. The summed E-state index contributed by atoms with van der Waals surface area (Å²) in [6.07, 6.45) is 5.31. The number of benzene rings is 4. The number of morpholine rings is 1. The molecule has 68 heavy (non-hydrogen) atoms. The highest BCUT2D eigenvalue weighted by Gasteiger charge is 2.39. The van der Waals surface area contributed by atoms with Crippen molar-refractivity contribution in [2.24, 2.45) is 5.41 Å². The molecule has 0 spiro atoms. The fourth-order valence-corrected chi connectivity index (χ4v) is 12.8. The van der Waals surface area contributed by atoms with E-state index in [0.29, 0.717) is 11.8 Å². The van der Waals surface area contributed by atoms with Gasteiger partial charge in [0.1, 0.15) is 5.69 Å². The Morgan fingerprint density at radius 3 is 2.41 bits per heavy atom. The number of nitrogens with one attached hydrogen (secondary N) is 3. The molecule has 9 rings (SSSR count). The molecule has 4 atom stereocenters. The number of hydrogen-bond donors (Lipinski definition) is 3. The molecular weight excluding hydrogens is 920 g/mol. The molecule has 4 saturated heterocycles. The number of anilines is 2. The normalized spacial score (nSPS) is 23.2. The summed E-state index contributed by atoms with van der Waals surface area (Å²) in [7, 11) is -4.45. The van der Waals surface area contributed by atoms with Crippen LogP contribution in [0.25, 0.3) is 5.57 Å². The molecule has 4 aromatic carbocycles. The first kappa shape index (κ1) is 48.5.